The first-order valence-corrected chi connectivity index (χ1v) is 5.06. The maximum atomic E-state index is 11.1. The zero-order valence-corrected chi connectivity index (χ0v) is 9.45. The van der Waals surface area contributed by atoms with Crippen LogP contribution in [0.25, 0.3) is 0 Å². The van der Waals surface area contributed by atoms with Crippen LogP contribution in [0.3, 0.4) is 0 Å². The van der Waals surface area contributed by atoms with Crippen molar-refractivity contribution in [1.82, 2.24) is 5.43 Å². The van der Waals surface area contributed by atoms with E-state index in [1.165, 1.54) is 0 Å². The van der Waals surface area contributed by atoms with Crippen molar-refractivity contribution in [1.29, 1.82) is 0 Å². The third-order valence-electron chi connectivity index (χ3n) is 1.78. The molecular weight excluding hydrogens is 212 g/mol. The third-order valence-corrected chi connectivity index (χ3v) is 2.03. The number of hydrogen-bond donors (Lipinski definition) is 1. The van der Waals surface area contributed by atoms with E-state index in [-0.39, 0.29) is 11.8 Å². The van der Waals surface area contributed by atoms with Gasteiger partial charge in [0.05, 0.1) is 6.21 Å². The van der Waals surface area contributed by atoms with E-state index in [1.807, 2.05) is 26.0 Å². The lowest BCUT2D eigenvalue weighted by Gasteiger charge is -2.01. The fourth-order valence-corrected chi connectivity index (χ4v) is 0.974. The van der Waals surface area contributed by atoms with Gasteiger partial charge in [-0.3, -0.25) is 4.79 Å². The summed E-state index contributed by atoms with van der Waals surface area (Å²) in [4.78, 5) is 11.1. The second-order valence-corrected chi connectivity index (χ2v) is 3.88. The first kappa shape index (κ1) is 11.7. The molecule has 0 unspecified atom stereocenters. The van der Waals surface area contributed by atoms with E-state index in [4.69, 9.17) is 11.6 Å². The molecule has 1 aromatic carbocycles. The van der Waals surface area contributed by atoms with E-state index >= 15 is 0 Å². The molecule has 80 valence electrons. The lowest BCUT2D eigenvalue weighted by atomic mass is 10.2. The van der Waals surface area contributed by atoms with E-state index in [0.29, 0.717) is 5.02 Å². The van der Waals surface area contributed by atoms with Gasteiger partial charge >= 0.3 is 0 Å². The van der Waals surface area contributed by atoms with Crippen LogP contribution in [0.2, 0.25) is 5.02 Å². The Morgan fingerprint density at radius 3 is 2.53 bits per heavy atom. The molecule has 0 radical (unpaired) electrons. The van der Waals surface area contributed by atoms with Crippen LogP contribution < -0.4 is 5.43 Å². The molecule has 0 saturated carbocycles. The Kier molecular flexibility index (Phi) is 4.31. The number of carbonyl (C=O) groups is 1. The first-order chi connectivity index (χ1) is 7.09. The van der Waals surface area contributed by atoms with Gasteiger partial charge in [-0.05, 0) is 17.7 Å². The summed E-state index contributed by atoms with van der Waals surface area (Å²) in [5.41, 5.74) is 3.33. The van der Waals surface area contributed by atoms with E-state index in [2.05, 4.69) is 10.5 Å². The van der Waals surface area contributed by atoms with Crippen molar-refractivity contribution in [3.63, 3.8) is 0 Å². The van der Waals surface area contributed by atoms with Gasteiger partial charge in [-0.15, -0.1) is 0 Å². The minimum atomic E-state index is -0.0970. The smallest absolute Gasteiger partial charge is 0.242 e. The van der Waals surface area contributed by atoms with Gasteiger partial charge in [-0.2, -0.15) is 5.10 Å². The maximum absolute atomic E-state index is 11.1. The summed E-state index contributed by atoms with van der Waals surface area (Å²) in [6, 6.07) is 7.20. The zero-order valence-electron chi connectivity index (χ0n) is 8.70. The van der Waals surface area contributed by atoms with Gasteiger partial charge in [0, 0.05) is 10.9 Å². The van der Waals surface area contributed by atoms with Crippen LogP contribution in [0, 0.1) is 5.92 Å². The number of carbonyl (C=O) groups excluding carboxylic acids is 1. The average Bonchev–Trinajstić information content (AvgIpc) is 2.20. The summed E-state index contributed by atoms with van der Waals surface area (Å²) in [5.74, 6) is -0.160. The number of rotatable bonds is 3. The Morgan fingerprint density at radius 2 is 2.00 bits per heavy atom. The Morgan fingerprint density at radius 1 is 1.40 bits per heavy atom. The summed E-state index contributed by atoms with van der Waals surface area (Å²) in [7, 11) is 0. The number of amides is 1. The van der Waals surface area contributed by atoms with E-state index in [9.17, 15) is 4.79 Å². The van der Waals surface area contributed by atoms with Crippen LogP contribution in [0.5, 0.6) is 0 Å². The average molecular weight is 225 g/mol. The molecule has 0 atom stereocenters. The molecule has 1 amide bonds. The third kappa shape index (κ3) is 4.13. The molecule has 1 N–H and O–H groups in total. The predicted molar refractivity (Wildman–Crippen MR) is 62.0 cm³/mol. The predicted octanol–water partition coefficient (Wildman–Crippen LogP) is 2.45. The van der Waals surface area contributed by atoms with Gasteiger partial charge in [0.25, 0.3) is 0 Å². The molecule has 0 heterocycles. The Balaban J connectivity index is 2.51. The number of nitrogens with zero attached hydrogens (tertiary/aromatic N) is 1. The Labute approximate surface area is 94.1 Å². The van der Waals surface area contributed by atoms with Gasteiger partial charge in [-0.25, -0.2) is 5.43 Å². The summed E-state index contributed by atoms with van der Waals surface area (Å²) in [6.07, 6.45) is 1.58. The summed E-state index contributed by atoms with van der Waals surface area (Å²) >= 11 is 5.72. The number of benzene rings is 1. The quantitative estimate of drug-likeness (QED) is 0.622. The highest BCUT2D eigenvalue weighted by molar-refractivity contribution is 6.30. The van der Waals surface area contributed by atoms with E-state index in [1.54, 1.807) is 18.3 Å². The molecule has 1 aromatic rings. The van der Waals surface area contributed by atoms with Crippen molar-refractivity contribution in [3.8, 4) is 0 Å². The van der Waals surface area contributed by atoms with E-state index < -0.39 is 0 Å². The fourth-order valence-electron chi connectivity index (χ4n) is 0.848. The minimum absolute atomic E-state index is 0.0626. The second-order valence-electron chi connectivity index (χ2n) is 3.44. The van der Waals surface area contributed by atoms with Crippen LogP contribution in [-0.4, -0.2) is 12.1 Å². The molecule has 15 heavy (non-hydrogen) atoms. The topological polar surface area (TPSA) is 41.5 Å². The second kappa shape index (κ2) is 5.51. The summed E-state index contributed by atoms with van der Waals surface area (Å²) in [5, 5.41) is 4.50. The summed E-state index contributed by atoms with van der Waals surface area (Å²) in [6.45, 7) is 3.63. The monoisotopic (exact) mass is 224 g/mol. The standard InChI is InChI=1S/C11H13ClN2O/c1-8(2)11(15)14-13-7-9-3-5-10(12)6-4-9/h3-8H,1-2H3,(H,14,15). The molecule has 0 aliphatic carbocycles. The van der Waals surface area contributed by atoms with Gasteiger partial charge in [-0.1, -0.05) is 37.6 Å². The highest BCUT2D eigenvalue weighted by Crippen LogP contribution is 2.07. The minimum Gasteiger partial charge on any atom is -0.273 e. The molecule has 0 bridgehead atoms. The van der Waals surface area contributed by atoms with Crippen LogP contribution in [0.4, 0.5) is 0 Å². The van der Waals surface area contributed by atoms with Crippen molar-refractivity contribution in [2.45, 2.75) is 13.8 Å². The molecule has 0 aromatic heterocycles. The molecule has 0 spiro atoms. The number of nitrogens with one attached hydrogen (secondary N) is 1. The zero-order chi connectivity index (χ0) is 11.3. The van der Waals surface area contributed by atoms with Gasteiger partial charge in [0.1, 0.15) is 0 Å². The molecule has 0 aliphatic heterocycles. The van der Waals surface area contributed by atoms with Crippen LogP contribution >= 0.6 is 11.6 Å². The molecule has 0 saturated heterocycles. The Bertz CT molecular complexity index is 357. The van der Waals surface area contributed by atoms with Crippen LogP contribution in [0.1, 0.15) is 19.4 Å². The number of hydrogen-bond acceptors (Lipinski definition) is 2. The fraction of sp³-hybridized carbons (Fsp3) is 0.273. The van der Waals surface area contributed by atoms with Crippen LogP contribution in [-0.2, 0) is 4.79 Å². The van der Waals surface area contributed by atoms with Crippen molar-refractivity contribution in [2.24, 2.45) is 11.0 Å². The van der Waals surface area contributed by atoms with Crippen LogP contribution in [0.15, 0.2) is 29.4 Å². The van der Waals surface area contributed by atoms with Crippen molar-refractivity contribution in [3.05, 3.63) is 34.9 Å². The molecule has 1 rings (SSSR count). The lowest BCUT2D eigenvalue weighted by Crippen LogP contribution is -2.22. The number of hydrazone groups is 1. The molecular formula is C11H13ClN2O. The normalized spacial score (nSPS) is 10.9. The lowest BCUT2D eigenvalue weighted by molar-refractivity contribution is -0.123. The SMILES string of the molecule is CC(C)C(=O)NN=Cc1ccc(Cl)cc1. The van der Waals surface area contributed by atoms with E-state index in [0.717, 1.165) is 5.56 Å². The van der Waals surface area contributed by atoms with Gasteiger partial charge in [0.15, 0.2) is 0 Å². The van der Waals surface area contributed by atoms with Crippen molar-refractivity contribution in [2.75, 3.05) is 0 Å². The number of halogens is 1. The Hall–Kier alpha value is -1.35. The molecule has 4 heteroatoms. The summed E-state index contributed by atoms with van der Waals surface area (Å²) < 4.78 is 0. The maximum Gasteiger partial charge on any atom is 0.242 e. The molecule has 3 nitrogen and oxygen atoms in total. The van der Waals surface area contributed by atoms with Crippen molar-refractivity contribution >= 4 is 23.7 Å². The highest BCUT2D eigenvalue weighted by Gasteiger charge is 2.03. The first-order valence-electron chi connectivity index (χ1n) is 4.68. The van der Waals surface area contributed by atoms with Crippen molar-refractivity contribution < 1.29 is 4.79 Å². The van der Waals surface area contributed by atoms with Gasteiger partial charge < -0.3 is 0 Å². The highest BCUT2D eigenvalue weighted by atomic mass is 35.5. The molecule has 0 fully saturated rings. The van der Waals surface area contributed by atoms with Gasteiger partial charge in [0.2, 0.25) is 5.91 Å². The molecule has 0 aliphatic rings. The largest absolute Gasteiger partial charge is 0.273 e.